The number of aromatic nitrogens is 1. The summed E-state index contributed by atoms with van der Waals surface area (Å²) >= 11 is 1.58. The maximum Gasteiger partial charge on any atom is 0.243 e. The number of para-hydroxylation sites is 1. The molecule has 1 N–H and O–H groups in total. The van der Waals surface area contributed by atoms with Gasteiger partial charge in [0.05, 0.1) is 21.7 Å². The molecule has 0 spiro atoms. The van der Waals surface area contributed by atoms with Gasteiger partial charge in [0, 0.05) is 18.3 Å². The second-order valence-corrected chi connectivity index (χ2v) is 9.90. The molecule has 0 aliphatic carbocycles. The van der Waals surface area contributed by atoms with Gasteiger partial charge in [-0.25, -0.2) is 17.8 Å². The summed E-state index contributed by atoms with van der Waals surface area (Å²) in [7, 11) is -2.60. The number of hydrogen-bond acceptors (Lipinski definition) is 5. The highest BCUT2D eigenvalue weighted by atomic mass is 32.2. The molecule has 31 heavy (non-hydrogen) atoms. The third kappa shape index (κ3) is 4.63. The van der Waals surface area contributed by atoms with E-state index in [1.54, 1.807) is 23.5 Å². The minimum absolute atomic E-state index is 0.0793. The van der Waals surface area contributed by atoms with E-state index in [0.29, 0.717) is 5.69 Å². The Morgan fingerprint density at radius 3 is 2.39 bits per heavy atom. The minimum atomic E-state index is -3.90. The molecule has 0 saturated carbocycles. The van der Waals surface area contributed by atoms with Crippen molar-refractivity contribution in [2.75, 3.05) is 18.9 Å². The number of rotatable bonds is 6. The van der Waals surface area contributed by atoms with E-state index in [4.69, 9.17) is 0 Å². The summed E-state index contributed by atoms with van der Waals surface area (Å²) in [5.74, 6) is -1.02. The van der Waals surface area contributed by atoms with Gasteiger partial charge in [-0.3, -0.25) is 4.79 Å². The lowest BCUT2D eigenvalue weighted by molar-refractivity contribution is -0.116. The minimum Gasteiger partial charge on any atom is -0.325 e. The number of likely N-dealkylation sites (N-methyl/N-ethyl adjacent to an activating group) is 1. The maximum atomic E-state index is 13.0. The van der Waals surface area contributed by atoms with Crippen molar-refractivity contribution < 1.29 is 17.6 Å². The zero-order valence-corrected chi connectivity index (χ0v) is 18.1. The maximum absolute atomic E-state index is 13.0. The molecule has 6 nitrogen and oxygen atoms in total. The molecule has 4 aromatic rings. The molecule has 0 aliphatic rings. The van der Waals surface area contributed by atoms with Crippen molar-refractivity contribution in [1.82, 2.24) is 9.29 Å². The molecule has 1 amide bonds. The summed E-state index contributed by atoms with van der Waals surface area (Å²) in [4.78, 5) is 16.9. The highest BCUT2D eigenvalue weighted by Gasteiger charge is 2.23. The molecular formula is C22H18FN3O3S2. The number of halogens is 1. The Labute approximate surface area is 183 Å². The largest absolute Gasteiger partial charge is 0.325 e. The second-order valence-electron chi connectivity index (χ2n) is 6.83. The molecule has 0 radical (unpaired) electrons. The Hall–Kier alpha value is -3.14. The summed E-state index contributed by atoms with van der Waals surface area (Å²) in [6.07, 6.45) is 0. The fourth-order valence-corrected chi connectivity index (χ4v) is 5.06. The van der Waals surface area contributed by atoms with Crippen molar-refractivity contribution in [3.63, 3.8) is 0 Å². The Bertz CT molecular complexity index is 1300. The van der Waals surface area contributed by atoms with Gasteiger partial charge in [0.25, 0.3) is 0 Å². The molecule has 0 unspecified atom stereocenters. The van der Waals surface area contributed by atoms with E-state index in [-0.39, 0.29) is 11.4 Å². The molecule has 158 valence electrons. The van der Waals surface area contributed by atoms with Gasteiger partial charge in [0.1, 0.15) is 10.8 Å². The van der Waals surface area contributed by atoms with Crippen LogP contribution in [0.5, 0.6) is 0 Å². The number of fused-ring (bicyclic) bond motifs is 1. The van der Waals surface area contributed by atoms with Crippen LogP contribution in [0.15, 0.2) is 77.7 Å². The molecule has 0 bridgehead atoms. The fourth-order valence-electron chi connectivity index (χ4n) is 2.97. The van der Waals surface area contributed by atoms with Crippen molar-refractivity contribution in [2.45, 2.75) is 4.90 Å². The van der Waals surface area contributed by atoms with Crippen LogP contribution in [0.25, 0.3) is 20.8 Å². The lowest BCUT2D eigenvalue weighted by Crippen LogP contribution is -2.34. The van der Waals surface area contributed by atoms with Crippen molar-refractivity contribution >= 4 is 43.2 Å². The van der Waals surface area contributed by atoms with Crippen molar-refractivity contribution in [3.8, 4) is 10.6 Å². The van der Waals surface area contributed by atoms with Gasteiger partial charge in [-0.1, -0.05) is 12.1 Å². The Balaban J connectivity index is 1.42. The highest BCUT2D eigenvalue weighted by Crippen LogP contribution is 2.30. The van der Waals surface area contributed by atoms with Gasteiger partial charge in [0.2, 0.25) is 15.9 Å². The van der Waals surface area contributed by atoms with Crippen LogP contribution in [0, 0.1) is 5.82 Å². The van der Waals surface area contributed by atoms with E-state index in [2.05, 4.69) is 10.3 Å². The van der Waals surface area contributed by atoms with Gasteiger partial charge in [0.15, 0.2) is 0 Å². The number of nitrogens with zero attached hydrogens (tertiary/aromatic N) is 2. The molecule has 3 aromatic carbocycles. The predicted octanol–water partition coefficient (Wildman–Crippen LogP) is 4.36. The first kappa shape index (κ1) is 21.1. The number of nitrogens with one attached hydrogen (secondary N) is 1. The normalized spacial score (nSPS) is 11.7. The standard InChI is InChI=1S/C22H18FN3O3S2/c1-26(31(28,29)18-12-8-16(23)9-13-18)14-21(27)24-17-10-6-15(7-11-17)22-25-19-4-2-3-5-20(19)30-22/h2-13H,14H2,1H3,(H,24,27). The van der Waals surface area contributed by atoms with E-state index in [9.17, 15) is 17.6 Å². The molecule has 0 saturated heterocycles. The molecule has 0 fully saturated rings. The summed E-state index contributed by atoms with van der Waals surface area (Å²) in [6, 6.07) is 19.5. The summed E-state index contributed by atoms with van der Waals surface area (Å²) in [6.45, 7) is -0.376. The van der Waals surface area contributed by atoms with Crippen LogP contribution >= 0.6 is 11.3 Å². The average molecular weight is 456 g/mol. The van der Waals surface area contributed by atoms with E-state index in [0.717, 1.165) is 37.2 Å². The molecule has 4 rings (SSSR count). The van der Waals surface area contributed by atoms with Crippen LogP contribution in [-0.2, 0) is 14.8 Å². The third-order valence-electron chi connectivity index (χ3n) is 4.60. The lowest BCUT2D eigenvalue weighted by Gasteiger charge is -2.17. The lowest BCUT2D eigenvalue weighted by atomic mass is 10.2. The Kier molecular flexibility index (Phi) is 5.81. The van der Waals surface area contributed by atoms with E-state index in [1.807, 2.05) is 36.4 Å². The van der Waals surface area contributed by atoms with E-state index in [1.165, 1.54) is 19.2 Å². The summed E-state index contributed by atoms with van der Waals surface area (Å²) < 4.78 is 40.1. The SMILES string of the molecule is CN(CC(=O)Nc1ccc(-c2nc3ccccc3s2)cc1)S(=O)(=O)c1ccc(F)cc1. The highest BCUT2D eigenvalue weighted by molar-refractivity contribution is 7.89. The van der Waals surface area contributed by atoms with Crippen LogP contribution in [0.3, 0.4) is 0 Å². The van der Waals surface area contributed by atoms with E-state index < -0.39 is 21.7 Å². The zero-order chi connectivity index (χ0) is 22.0. The zero-order valence-electron chi connectivity index (χ0n) is 16.4. The number of hydrogen-bond donors (Lipinski definition) is 1. The molecule has 9 heteroatoms. The number of thiazole rings is 1. The average Bonchev–Trinajstić information content (AvgIpc) is 3.18. The third-order valence-corrected chi connectivity index (χ3v) is 7.50. The van der Waals surface area contributed by atoms with Crippen LogP contribution in [-0.4, -0.2) is 37.2 Å². The Morgan fingerprint density at radius 2 is 1.71 bits per heavy atom. The van der Waals surface area contributed by atoms with Crippen molar-refractivity contribution in [3.05, 3.63) is 78.6 Å². The van der Waals surface area contributed by atoms with Gasteiger partial charge in [-0.05, 0) is 60.7 Å². The molecule has 1 heterocycles. The smallest absolute Gasteiger partial charge is 0.243 e. The van der Waals surface area contributed by atoms with Gasteiger partial charge in [-0.2, -0.15) is 4.31 Å². The Morgan fingerprint density at radius 1 is 1.03 bits per heavy atom. The number of carbonyl (C=O) groups excluding carboxylic acids is 1. The van der Waals surface area contributed by atoms with Crippen LogP contribution in [0.1, 0.15) is 0 Å². The van der Waals surface area contributed by atoms with Crippen LogP contribution in [0.2, 0.25) is 0 Å². The fraction of sp³-hybridized carbons (Fsp3) is 0.0909. The van der Waals surface area contributed by atoms with Gasteiger partial charge < -0.3 is 5.32 Å². The number of benzene rings is 3. The first-order chi connectivity index (χ1) is 14.8. The van der Waals surface area contributed by atoms with Crippen LogP contribution < -0.4 is 5.32 Å². The number of anilines is 1. The van der Waals surface area contributed by atoms with Gasteiger partial charge in [-0.15, -0.1) is 11.3 Å². The first-order valence-corrected chi connectivity index (χ1v) is 11.6. The number of amides is 1. The van der Waals surface area contributed by atoms with Crippen LogP contribution in [0.4, 0.5) is 10.1 Å². The summed E-state index contributed by atoms with van der Waals surface area (Å²) in [5.41, 5.74) is 2.41. The topological polar surface area (TPSA) is 79.4 Å². The molecule has 0 aliphatic heterocycles. The van der Waals surface area contributed by atoms with E-state index >= 15 is 0 Å². The first-order valence-electron chi connectivity index (χ1n) is 9.31. The molecular weight excluding hydrogens is 437 g/mol. The monoisotopic (exact) mass is 455 g/mol. The van der Waals surface area contributed by atoms with Crippen molar-refractivity contribution in [1.29, 1.82) is 0 Å². The second kappa shape index (κ2) is 8.54. The molecule has 0 atom stereocenters. The molecule has 1 aromatic heterocycles. The number of sulfonamides is 1. The number of carbonyl (C=O) groups is 1. The predicted molar refractivity (Wildman–Crippen MR) is 120 cm³/mol. The van der Waals surface area contributed by atoms with Gasteiger partial charge >= 0.3 is 0 Å². The quantitative estimate of drug-likeness (QED) is 0.469. The van der Waals surface area contributed by atoms with Crippen molar-refractivity contribution in [2.24, 2.45) is 0 Å². The summed E-state index contributed by atoms with van der Waals surface area (Å²) in [5, 5.41) is 3.57.